The van der Waals surface area contributed by atoms with Gasteiger partial charge in [-0.15, -0.1) is 0 Å². The zero-order valence-corrected chi connectivity index (χ0v) is 21.5. The third kappa shape index (κ3) is 4.90. The van der Waals surface area contributed by atoms with Gasteiger partial charge in [-0.05, 0) is 42.3 Å². The number of fused-ring (bicyclic) bond motifs is 1. The number of aromatic nitrogens is 6. The third-order valence-corrected chi connectivity index (χ3v) is 6.59. The number of aromatic amines is 1. The van der Waals surface area contributed by atoms with E-state index in [1.54, 1.807) is 25.1 Å². The Hall–Kier alpha value is -5.38. The van der Waals surface area contributed by atoms with Crippen molar-refractivity contribution in [2.45, 2.75) is 19.3 Å². The molecule has 1 amide bonds. The van der Waals surface area contributed by atoms with Crippen molar-refractivity contribution in [2.75, 3.05) is 5.32 Å². The zero-order chi connectivity index (χ0) is 27.6. The molecule has 0 saturated carbocycles. The number of nitrogens with zero attached hydrogens (tertiary/aromatic N) is 5. The van der Waals surface area contributed by atoms with Crippen molar-refractivity contribution in [3.05, 3.63) is 130 Å². The number of amides is 1. The van der Waals surface area contributed by atoms with Crippen LogP contribution in [0, 0.1) is 12.7 Å². The summed E-state index contributed by atoms with van der Waals surface area (Å²) in [6.07, 6.45) is 1.59. The number of carbonyl (C=O) groups is 1. The highest BCUT2D eigenvalue weighted by Gasteiger charge is 2.21. The van der Waals surface area contributed by atoms with Gasteiger partial charge in [-0.1, -0.05) is 60.7 Å². The predicted molar refractivity (Wildman–Crippen MR) is 149 cm³/mol. The van der Waals surface area contributed by atoms with Gasteiger partial charge in [-0.25, -0.2) is 9.07 Å². The van der Waals surface area contributed by atoms with Gasteiger partial charge in [-0.3, -0.25) is 14.6 Å². The van der Waals surface area contributed by atoms with Crippen molar-refractivity contribution >= 4 is 22.8 Å². The van der Waals surface area contributed by atoms with E-state index in [0.29, 0.717) is 17.2 Å². The Morgan fingerprint density at radius 1 is 0.950 bits per heavy atom. The minimum Gasteiger partial charge on any atom is -0.310 e. The standard InChI is InChI=1S/C30H24FN7O2/c1-19-16-26(33-27(39)17-24(20-8-4-2-5-9-20)21-10-6-3-7-11-21)38(36-19)30-34-28-25(29(40)35-30)18-32-37(28)23-14-12-22(31)13-15-23/h2-16,18,24H,17H2,1H3,(H,33,39)(H,34,35,40). The van der Waals surface area contributed by atoms with Crippen LogP contribution in [-0.2, 0) is 4.79 Å². The molecule has 0 bridgehead atoms. The van der Waals surface area contributed by atoms with Gasteiger partial charge in [0.1, 0.15) is 17.0 Å². The van der Waals surface area contributed by atoms with Gasteiger partial charge in [0.05, 0.1) is 17.6 Å². The minimum atomic E-state index is -0.424. The molecule has 3 aromatic heterocycles. The van der Waals surface area contributed by atoms with E-state index in [9.17, 15) is 14.0 Å². The Morgan fingerprint density at radius 2 is 1.60 bits per heavy atom. The number of anilines is 1. The van der Waals surface area contributed by atoms with Crippen LogP contribution in [0.3, 0.4) is 0 Å². The lowest BCUT2D eigenvalue weighted by molar-refractivity contribution is -0.116. The second-order valence-corrected chi connectivity index (χ2v) is 9.37. The molecule has 6 rings (SSSR count). The number of nitrogens with one attached hydrogen (secondary N) is 2. The molecular formula is C30H24FN7O2. The maximum Gasteiger partial charge on any atom is 0.263 e. The predicted octanol–water partition coefficient (Wildman–Crippen LogP) is 4.90. The summed E-state index contributed by atoms with van der Waals surface area (Å²) in [5, 5.41) is 11.9. The molecule has 0 saturated heterocycles. The molecule has 198 valence electrons. The van der Waals surface area contributed by atoms with Crippen LogP contribution < -0.4 is 10.9 Å². The Labute approximate surface area is 227 Å². The van der Waals surface area contributed by atoms with Crippen LogP contribution in [0.4, 0.5) is 10.2 Å². The number of carbonyl (C=O) groups excluding carboxylic acids is 1. The van der Waals surface area contributed by atoms with E-state index >= 15 is 0 Å². The van der Waals surface area contributed by atoms with E-state index in [0.717, 1.165) is 11.1 Å². The van der Waals surface area contributed by atoms with Crippen molar-refractivity contribution in [1.29, 1.82) is 0 Å². The molecule has 40 heavy (non-hydrogen) atoms. The summed E-state index contributed by atoms with van der Waals surface area (Å²) in [4.78, 5) is 33.6. The van der Waals surface area contributed by atoms with Crippen molar-refractivity contribution in [3.8, 4) is 11.6 Å². The molecule has 3 heterocycles. The van der Waals surface area contributed by atoms with E-state index < -0.39 is 5.56 Å². The first-order chi connectivity index (χ1) is 19.5. The normalized spacial score (nSPS) is 11.3. The Kier molecular flexibility index (Phi) is 6.49. The molecule has 0 unspecified atom stereocenters. The Bertz CT molecular complexity index is 1820. The molecule has 0 spiro atoms. The fourth-order valence-electron chi connectivity index (χ4n) is 4.71. The molecule has 10 heteroatoms. The number of rotatable bonds is 7. The molecule has 9 nitrogen and oxygen atoms in total. The second-order valence-electron chi connectivity index (χ2n) is 9.37. The minimum absolute atomic E-state index is 0.104. The van der Waals surface area contributed by atoms with Gasteiger partial charge >= 0.3 is 0 Å². The summed E-state index contributed by atoms with van der Waals surface area (Å²) in [7, 11) is 0. The third-order valence-electron chi connectivity index (χ3n) is 6.59. The topological polar surface area (TPSA) is 110 Å². The number of hydrogen-bond donors (Lipinski definition) is 2. The van der Waals surface area contributed by atoms with Gasteiger partial charge in [0, 0.05) is 18.4 Å². The first-order valence-electron chi connectivity index (χ1n) is 12.7. The van der Waals surface area contributed by atoms with Crippen molar-refractivity contribution < 1.29 is 9.18 Å². The van der Waals surface area contributed by atoms with Gasteiger partial charge < -0.3 is 5.32 Å². The molecule has 0 aliphatic rings. The summed E-state index contributed by atoms with van der Waals surface area (Å²) in [6.45, 7) is 1.78. The zero-order valence-electron chi connectivity index (χ0n) is 21.5. The molecule has 0 aliphatic heterocycles. The summed E-state index contributed by atoms with van der Waals surface area (Å²) >= 11 is 0. The second kappa shape index (κ2) is 10.4. The van der Waals surface area contributed by atoms with Crippen molar-refractivity contribution in [3.63, 3.8) is 0 Å². The lowest BCUT2D eigenvalue weighted by Gasteiger charge is -2.18. The van der Waals surface area contributed by atoms with E-state index in [2.05, 4.69) is 25.5 Å². The fraction of sp³-hybridized carbons (Fsp3) is 0.100. The SMILES string of the molecule is Cc1cc(NC(=O)CC(c2ccccc2)c2ccccc2)n(-c2nc3c(cnn3-c3ccc(F)cc3)c(=O)[nH]2)n1. The monoisotopic (exact) mass is 533 g/mol. The molecule has 0 atom stereocenters. The van der Waals surface area contributed by atoms with Crippen LogP contribution in [-0.4, -0.2) is 35.4 Å². The molecular weight excluding hydrogens is 509 g/mol. The number of benzene rings is 3. The summed E-state index contributed by atoms with van der Waals surface area (Å²) in [5.41, 5.74) is 3.06. The van der Waals surface area contributed by atoms with Crippen LogP contribution in [0.5, 0.6) is 0 Å². The first-order valence-corrected chi connectivity index (χ1v) is 12.7. The maximum atomic E-state index is 13.5. The summed E-state index contributed by atoms with van der Waals surface area (Å²) in [6, 6.07) is 27.1. The molecule has 3 aromatic carbocycles. The maximum absolute atomic E-state index is 13.5. The number of halogens is 1. The van der Waals surface area contributed by atoms with Gasteiger partial charge in [-0.2, -0.15) is 19.9 Å². The average Bonchev–Trinajstić information content (AvgIpc) is 3.56. The highest BCUT2D eigenvalue weighted by atomic mass is 19.1. The number of hydrogen-bond acceptors (Lipinski definition) is 5. The quantitative estimate of drug-likeness (QED) is 0.303. The Morgan fingerprint density at radius 3 is 2.25 bits per heavy atom. The van der Waals surface area contributed by atoms with Crippen LogP contribution in [0.15, 0.2) is 102 Å². The van der Waals surface area contributed by atoms with Crippen molar-refractivity contribution in [1.82, 2.24) is 29.5 Å². The highest BCUT2D eigenvalue weighted by molar-refractivity contribution is 5.91. The van der Waals surface area contributed by atoms with Crippen LogP contribution in [0.25, 0.3) is 22.7 Å². The van der Waals surface area contributed by atoms with E-state index in [4.69, 9.17) is 0 Å². The van der Waals surface area contributed by atoms with Gasteiger partial charge in [0.2, 0.25) is 11.9 Å². The highest BCUT2D eigenvalue weighted by Crippen LogP contribution is 2.28. The smallest absolute Gasteiger partial charge is 0.263 e. The molecule has 0 fully saturated rings. The van der Waals surface area contributed by atoms with Crippen LogP contribution >= 0.6 is 0 Å². The Balaban J connectivity index is 1.33. The van der Waals surface area contributed by atoms with Crippen LogP contribution in [0.1, 0.15) is 29.2 Å². The summed E-state index contributed by atoms with van der Waals surface area (Å²) < 4.78 is 16.3. The summed E-state index contributed by atoms with van der Waals surface area (Å²) in [5.74, 6) is -0.302. The number of aryl methyl sites for hydroxylation is 1. The first kappa shape index (κ1) is 24.9. The largest absolute Gasteiger partial charge is 0.310 e. The lowest BCUT2D eigenvalue weighted by Crippen LogP contribution is -2.20. The molecule has 2 N–H and O–H groups in total. The van der Waals surface area contributed by atoms with Gasteiger partial charge in [0.25, 0.3) is 5.56 Å². The molecule has 0 aliphatic carbocycles. The molecule has 6 aromatic rings. The number of H-pyrrole nitrogens is 1. The lowest BCUT2D eigenvalue weighted by atomic mass is 9.88. The van der Waals surface area contributed by atoms with Crippen molar-refractivity contribution in [2.24, 2.45) is 0 Å². The molecule has 0 radical (unpaired) electrons. The average molecular weight is 534 g/mol. The van der Waals surface area contributed by atoms with E-state index in [1.165, 1.54) is 27.7 Å². The fourth-order valence-corrected chi connectivity index (χ4v) is 4.71. The van der Waals surface area contributed by atoms with Crippen LogP contribution in [0.2, 0.25) is 0 Å². The van der Waals surface area contributed by atoms with Gasteiger partial charge in [0.15, 0.2) is 5.65 Å². The van der Waals surface area contributed by atoms with E-state index in [-0.39, 0.29) is 41.0 Å². The van der Waals surface area contributed by atoms with E-state index in [1.807, 2.05) is 60.7 Å².